The molecule has 6 nitrogen and oxygen atoms in total. The predicted molar refractivity (Wildman–Crippen MR) is 164 cm³/mol. The number of aromatic nitrogens is 2. The van der Waals surface area contributed by atoms with Gasteiger partial charge in [0.1, 0.15) is 5.52 Å². The molecule has 1 amide bonds. The molecule has 2 aromatic heterocycles. The second-order valence-corrected chi connectivity index (χ2v) is 13.0. The minimum Gasteiger partial charge on any atom is -0.359 e. The highest BCUT2D eigenvalue weighted by Crippen LogP contribution is 2.58. The summed E-state index contributed by atoms with van der Waals surface area (Å²) >= 11 is 13.0. The van der Waals surface area contributed by atoms with Crippen LogP contribution < -0.4 is 10.6 Å². The molecule has 0 unspecified atom stereocenters. The lowest BCUT2D eigenvalue weighted by molar-refractivity contribution is -0.126. The molecular formula is C33H32Cl2FN5O. The largest absolute Gasteiger partial charge is 0.359 e. The van der Waals surface area contributed by atoms with Gasteiger partial charge in [-0.15, -0.1) is 0 Å². The summed E-state index contributed by atoms with van der Waals surface area (Å²) in [6.07, 6.45) is 3.39. The Bertz CT molecular complexity index is 1820. The van der Waals surface area contributed by atoms with Crippen LogP contribution in [0.25, 0.3) is 32.9 Å². The van der Waals surface area contributed by atoms with Gasteiger partial charge in [0.2, 0.25) is 5.91 Å². The minimum absolute atomic E-state index is 0.0215. The molecule has 0 spiro atoms. The Morgan fingerprint density at radius 3 is 2.74 bits per heavy atom. The summed E-state index contributed by atoms with van der Waals surface area (Å²) in [6.45, 7) is 5.03. The van der Waals surface area contributed by atoms with Crippen LogP contribution in [-0.2, 0) is 11.2 Å². The number of nitrogens with one attached hydrogen (secondary N) is 2. The fourth-order valence-corrected chi connectivity index (χ4v) is 8.09. The third-order valence-corrected chi connectivity index (χ3v) is 11.0. The van der Waals surface area contributed by atoms with Crippen LogP contribution in [0.5, 0.6) is 0 Å². The summed E-state index contributed by atoms with van der Waals surface area (Å²) in [5.74, 6) is 0.0687. The van der Waals surface area contributed by atoms with E-state index in [9.17, 15) is 10.1 Å². The smallest absolute Gasteiger partial charge is 0.226 e. The SMILES string of the molecule is CNC(=O)C1([C@@H](C)c2cc3c(C)nc4c(F)c(-c5cccc(Cl)c5Cl)c(CCC#N)cc4c3n2[C@H]2[C@H]3CN[C@@H]2C3)CC1. The molecule has 4 atom stereocenters. The highest BCUT2D eigenvalue weighted by atomic mass is 35.5. The number of nitriles is 1. The predicted octanol–water partition coefficient (Wildman–Crippen LogP) is 7.23. The summed E-state index contributed by atoms with van der Waals surface area (Å²) in [5.41, 5.74) is 4.16. The number of carbonyl (C=O) groups excluding carboxylic acids is 1. The Morgan fingerprint density at radius 2 is 2.10 bits per heavy atom. The van der Waals surface area contributed by atoms with Crippen molar-refractivity contribution in [1.82, 2.24) is 20.2 Å². The molecule has 42 heavy (non-hydrogen) atoms. The molecule has 2 bridgehead atoms. The highest BCUT2D eigenvalue weighted by Gasteiger charge is 2.56. The van der Waals surface area contributed by atoms with Gasteiger partial charge in [0.05, 0.1) is 33.1 Å². The second-order valence-electron chi connectivity index (χ2n) is 12.2. The summed E-state index contributed by atoms with van der Waals surface area (Å²) in [5, 5.41) is 18.3. The van der Waals surface area contributed by atoms with Gasteiger partial charge in [0.15, 0.2) is 5.82 Å². The average molecular weight is 605 g/mol. The third-order valence-electron chi connectivity index (χ3n) is 10.2. The van der Waals surface area contributed by atoms with Crippen molar-refractivity contribution >= 4 is 50.9 Å². The molecule has 2 aromatic carbocycles. The summed E-state index contributed by atoms with van der Waals surface area (Å²) in [7, 11) is 1.71. The van der Waals surface area contributed by atoms with Crippen LogP contribution in [0.3, 0.4) is 0 Å². The van der Waals surface area contributed by atoms with E-state index in [1.807, 2.05) is 13.0 Å². The van der Waals surface area contributed by atoms with Gasteiger partial charge in [0, 0.05) is 65.3 Å². The second kappa shape index (κ2) is 9.94. The fraction of sp³-hybridized carbons (Fsp3) is 0.424. The van der Waals surface area contributed by atoms with Crippen LogP contribution >= 0.6 is 23.2 Å². The maximum atomic E-state index is 16.9. The Kier molecular flexibility index (Phi) is 6.54. The van der Waals surface area contributed by atoms with Crippen LogP contribution in [0.15, 0.2) is 30.3 Å². The molecule has 8 rings (SSSR count). The number of aryl methyl sites for hydroxylation is 2. The maximum absolute atomic E-state index is 16.9. The first kappa shape index (κ1) is 27.6. The van der Waals surface area contributed by atoms with E-state index in [1.165, 1.54) is 0 Å². The first-order valence-electron chi connectivity index (χ1n) is 14.6. The number of fused-ring (bicyclic) bond motifs is 4. The molecule has 2 saturated carbocycles. The van der Waals surface area contributed by atoms with E-state index in [4.69, 9.17) is 28.2 Å². The van der Waals surface area contributed by atoms with E-state index in [2.05, 4.69) is 34.3 Å². The van der Waals surface area contributed by atoms with Gasteiger partial charge >= 0.3 is 0 Å². The van der Waals surface area contributed by atoms with E-state index in [-0.39, 0.29) is 34.8 Å². The van der Waals surface area contributed by atoms with Crippen LogP contribution in [0.4, 0.5) is 4.39 Å². The van der Waals surface area contributed by atoms with Crippen molar-refractivity contribution < 1.29 is 9.18 Å². The molecule has 4 aromatic rings. The fourth-order valence-electron chi connectivity index (χ4n) is 7.70. The van der Waals surface area contributed by atoms with Crippen molar-refractivity contribution in [3.8, 4) is 17.2 Å². The molecule has 2 aliphatic carbocycles. The molecule has 2 saturated heterocycles. The number of rotatable bonds is 7. The molecule has 4 aliphatic rings. The maximum Gasteiger partial charge on any atom is 0.226 e. The first-order chi connectivity index (χ1) is 20.2. The molecule has 216 valence electrons. The Hall–Kier alpha value is -3.18. The van der Waals surface area contributed by atoms with Crippen LogP contribution in [0, 0.1) is 35.4 Å². The molecule has 0 radical (unpaired) electrons. The highest BCUT2D eigenvalue weighted by molar-refractivity contribution is 6.43. The van der Waals surface area contributed by atoms with Gasteiger partial charge in [0.25, 0.3) is 0 Å². The molecule has 4 heterocycles. The Balaban J connectivity index is 1.55. The average Bonchev–Trinajstić information content (AvgIpc) is 3.28. The number of nitrogens with zero attached hydrogens (tertiary/aromatic N) is 3. The molecule has 2 N–H and O–H groups in total. The number of hydrogen-bond donors (Lipinski definition) is 2. The third kappa shape index (κ3) is 3.85. The topological polar surface area (TPSA) is 82.7 Å². The Labute approximate surface area is 254 Å². The lowest BCUT2D eigenvalue weighted by Gasteiger charge is -2.39. The summed E-state index contributed by atoms with van der Waals surface area (Å²) < 4.78 is 19.3. The number of hydrogen-bond acceptors (Lipinski definition) is 4. The van der Waals surface area contributed by atoms with E-state index in [1.54, 1.807) is 25.2 Å². The van der Waals surface area contributed by atoms with Crippen LogP contribution in [-0.4, -0.2) is 35.1 Å². The number of benzene rings is 2. The van der Waals surface area contributed by atoms with Gasteiger partial charge in [-0.2, -0.15) is 5.26 Å². The van der Waals surface area contributed by atoms with Crippen molar-refractivity contribution in [2.75, 3.05) is 13.6 Å². The molecule has 4 fully saturated rings. The first-order valence-corrected chi connectivity index (χ1v) is 15.4. The zero-order valence-electron chi connectivity index (χ0n) is 23.8. The standard InChI is InChI=1S/C33H32Cl2FN5O/c1-16(33(9-10-33)32(42)38-3)25-14-21-17(2)40-29-22(31(21)41(25)30-19-13-24(30)39-15-19)12-18(6-5-11-37)26(28(29)36)20-7-4-8-23(34)27(20)35/h4,7-8,12,14,16,19,24,30,39H,5-6,9-10,13,15H2,1-3H3,(H,38,42)/t16-,19+,24+,30-/m0/s1. The summed E-state index contributed by atoms with van der Waals surface area (Å²) in [4.78, 5) is 17.9. The van der Waals surface area contributed by atoms with E-state index >= 15 is 4.39 Å². The van der Waals surface area contributed by atoms with Crippen molar-refractivity contribution in [3.05, 3.63) is 63.1 Å². The summed E-state index contributed by atoms with van der Waals surface area (Å²) in [6, 6.07) is 12.1. The molecule has 2 aliphatic heterocycles. The zero-order valence-corrected chi connectivity index (χ0v) is 25.3. The van der Waals surface area contributed by atoms with E-state index in [0.29, 0.717) is 40.1 Å². The normalized spacial score (nSPS) is 22.6. The lowest BCUT2D eigenvalue weighted by atomic mass is 9.78. The van der Waals surface area contributed by atoms with Crippen molar-refractivity contribution in [2.45, 2.75) is 64.0 Å². The van der Waals surface area contributed by atoms with Gasteiger partial charge < -0.3 is 15.2 Å². The number of carbonyl (C=O) groups is 1. The lowest BCUT2D eigenvalue weighted by Crippen LogP contribution is -2.40. The van der Waals surface area contributed by atoms with Crippen molar-refractivity contribution in [2.24, 2.45) is 11.3 Å². The number of amides is 1. The van der Waals surface area contributed by atoms with E-state index < -0.39 is 11.2 Å². The monoisotopic (exact) mass is 603 g/mol. The van der Waals surface area contributed by atoms with Gasteiger partial charge in [-0.3, -0.25) is 4.79 Å². The van der Waals surface area contributed by atoms with E-state index in [0.717, 1.165) is 53.5 Å². The Morgan fingerprint density at radius 1 is 1.31 bits per heavy atom. The van der Waals surface area contributed by atoms with Gasteiger partial charge in [-0.25, -0.2) is 9.37 Å². The van der Waals surface area contributed by atoms with Crippen molar-refractivity contribution in [3.63, 3.8) is 0 Å². The van der Waals surface area contributed by atoms with Crippen LogP contribution in [0.1, 0.15) is 61.5 Å². The van der Waals surface area contributed by atoms with Gasteiger partial charge in [-0.1, -0.05) is 42.3 Å². The minimum atomic E-state index is -0.462. The van der Waals surface area contributed by atoms with Gasteiger partial charge in [-0.05, 0) is 62.3 Å². The number of halogens is 3. The quantitative estimate of drug-likeness (QED) is 0.233. The zero-order chi connectivity index (χ0) is 29.5. The molecule has 9 heteroatoms. The number of pyridine rings is 1. The van der Waals surface area contributed by atoms with Crippen molar-refractivity contribution in [1.29, 1.82) is 5.26 Å². The molecular weight excluding hydrogens is 572 g/mol. The van der Waals surface area contributed by atoms with Crippen LogP contribution in [0.2, 0.25) is 10.0 Å².